The van der Waals surface area contributed by atoms with Crippen molar-refractivity contribution in [2.24, 2.45) is 5.73 Å². The second-order valence-corrected chi connectivity index (χ2v) is 4.93. The van der Waals surface area contributed by atoms with Gasteiger partial charge in [0.05, 0.1) is 6.04 Å². The van der Waals surface area contributed by atoms with Gasteiger partial charge in [0.25, 0.3) is 5.91 Å². The van der Waals surface area contributed by atoms with Gasteiger partial charge in [-0.1, -0.05) is 40.0 Å². The summed E-state index contributed by atoms with van der Waals surface area (Å²) in [5.74, 6) is -0.821. The molecule has 18 heavy (non-hydrogen) atoms. The standard InChI is InChI=1S/C14H29FN2O/c1-5-8-9-10-11-14(15,13(16)18)12(4)17(6-2)7-3/h12H,5-11H2,1-4H3,(H2,16,18). The second-order valence-electron chi connectivity index (χ2n) is 4.93. The Morgan fingerprint density at radius 1 is 1.22 bits per heavy atom. The molecule has 0 rings (SSSR count). The number of rotatable bonds is 10. The summed E-state index contributed by atoms with van der Waals surface area (Å²) < 4.78 is 14.8. The van der Waals surface area contributed by atoms with Crippen LogP contribution in [0.5, 0.6) is 0 Å². The number of alkyl halides is 1. The number of hydrogen-bond acceptors (Lipinski definition) is 2. The molecule has 2 unspecified atom stereocenters. The molecule has 0 spiro atoms. The molecular formula is C14H29FN2O. The highest BCUT2D eigenvalue weighted by molar-refractivity contribution is 5.84. The molecule has 1 amide bonds. The maximum Gasteiger partial charge on any atom is 0.256 e. The van der Waals surface area contributed by atoms with Gasteiger partial charge in [-0.2, -0.15) is 0 Å². The Balaban J connectivity index is 4.63. The van der Waals surface area contributed by atoms with Gasteiger partial charge in [-0.15, -0.1) is 0 Å². The van der Waals surface area contributed by atoms with Crippen molar-refractivity contribution in [2.75, 3.05) is 13.1 Å². The zero-order chi connectivity index (χ0) is 14.2. The molecule has 2 atom stereocenters. The monoisotopic (exact) mass is 260 g/mol. The molecule has 0 aromatic heterocycles. The van der Waals surface area contributed by atoms with Gasteiger partial charge < -0.3 is 5.73 Å². The first-order valence-corrected chi connectivity index (χ1v) is 7.16. The van der Waals surface area contributed by atoms with Crippen LogP contribution in [0.1, 0.15) is 59.8 Å². The van der Waals surface area contributed by atoms with E-state index in [0.29, 0.717) is 0 Å². The molecule has 108 valence electrons. The number of carbonyl (C=O) groups is 1. The first-order valence-electron chi connectivity index (χ1n) is 7.16. The van der Waals surface area contributed by atoms with E-state index in [1.165, 1.54) is 0 Å². The van der Waals surface area contributed by atoms with Gasteiger partial charge >= 0.3 is 0 Å². The number of primary amides is 1. The Labute approximate surface area is 111 Å². The molecule has 0 fully saturated rings. The van der Waals surface area contributed by atoms with Gasteiger partial charge in [-0.25, -0.2) is 4.39 Å². The lowest BCUT2D eigenvalue weighted by atomic mass is 9.89. The van der Waals surface area contributed by atoms with Gasteiger partial charge in [0, 0.05) is 0 Å². The molecular weight excluding hydrogens is 231 g/mol. The van der Waals surface area contributed by atoms with E-state index in [4.69, 9.17) is 5.73 Å². The van der Waals surface area contributed by atoms with Crippen LogP contribution in [0.25, 0.3) is 0 Å². The van der Waals surface area contributed by atoms with Gasteiger partial charge in [-0.05, 0) is 32.9 Å². The molecule has 0 aliphatic rings. The largest absolute Gasteiger partial charge is 0.367 e. The predicted octanol–water partition coefficient (Wildman–Crippen LogP) is 2.88. The molecule has 0 aromatic carbocycles. The van der Waals surface area contributed by atoms with Crippen LogP contribution < -0.4 is 5.73 Å². The molecule has 0 aromatic rings. The number of carbonyl (C=O) groups excluding carboxylic acids is 1. The molecule has 0 saturated carbocycles. The number of nitrogens with zero attached hydrogens (tertiary/aromatic N) is 1. The van der Waals surface area contributed by atoms with E-state index in [9.17, 15) is 9.18 Å². The minimum absolute atomic E-state index is 0.236. The van der Waals surface area contributed by atoms with Crippen molar-refractivity contribution in [1.29, 1.82) is 0 Å². The van der Waals surface area contributed by atoms with Crippen LogP contribution in [0.4, 0.5) is 4.39 Å². The van der Waals surface area contributed by atoms with Crippen molar-refractivity contribution in [3.05, 3.63) is 0 Å². The lowest BCUT2D eigenvalue weighted by Gasteiger charge is -2.36. The third-order valence-corrected chi connectivity index (χ3v) is 3.83. The fourth-order valence-electron chi connectivity index (χ4n) is 2.41. The summed E-state index contributed by atoms with van der Waals surface area (Å²) >= 11 is 0. The molecule has 0 aliphatic heterocycles. The topological polar surface area (TPSA) is 46.3 Å². The Morgan fingerprint density at radius 2 is 1.78 bits per heavy atom. The van der Waals surface area contributed by atoms with Crippen molar-refractivity contribution in [2.45, 2.75) is 71.5 Å². The smallest absolute Gasteiger partial charge is 0.256 e. The Bertz CT molecular complexity index is 244. The van der Waals surface area contributed by atoms with Crippen molar-refractivity contribution in [1.82, 2.24) is 4.90 Å². The van der Waals surface area contributed by atoms with Gasteiger partial charge in [0.2, 0.25) is 5.67 Å². The molecule has 0 saturated heterocycles. The van der Waals surface area contributed by atoms with Crippen molar-refractivity contribution < 1.29 is 9.18 Å². The van der Waals surface area contributed by atoms with E-state index in [1.54, 1.807) is 6.92 Å². The summed E-state index contributed by atoms with van der Waals surface area (Å²) in [6.45, 7) is 9.26. The van der Waals surface area contributed by atoms with Crippen LogP contribution in [-0.2, 0) is 4.79 Å². The zero-order valence-electron chi connectivity index (χ0n) is 12.3. The average Bonchev–Trinajstić information content (AvgIpc) is 2.35. The van der Waals surface area contributed by atoms with Gasteiger partial charge in [-0.3, -0.25) is 9.69 Å². The fourth-order valence-corrected chi connectivity index (χ4v) is 2.41. The van der Waals surface area contributed by atoms with Crippen LogP contribution in [0.3, 0.4) is 0 Å². The van der Waals surface area contributed by atoms with Crippen LogP contribution in [0, 0.1) is 0 Å². The summed E-state index contributed by atoms with van der Waals surface area (Å²) in [7, 11) is 0. The summed E-state index contributed by atoms with van der Waals surface area (Å²) in [4.78, 5) is 13.4. The number of hydrogen-bond donors (Lipinski definition) is 1. The molecule has 4 heteroatoms. The highest BCUT2D eigenvalue weighted by Gasteiger charge is 2.43. The number of nitrogens with two attached hydrogens (primary N) is 1. The summed E-state index contributed by atoms with van der Waals surface area (Å²) in [5, 5.41) is 0. The Morgan fingerprint density at radius 3 is 2.17 bits per heavy atom. The van der Waals surface area contributed by atoms with Crippen molar-refractivity contribution in [3.63, 3.8) is 0 Å². The SMILES string of the molecule is CCCCCCC(F)(C(N)=O)C(C)N(CC)CC. The lowest BCUT2D eigenvalue weighted by molar-refractivity contribution is -0.134. The van der Waals surface area contributed by atoms with E-state index in [0.717, 1.165) is 38.8 Å². The summed E-state index contributed by atoms with van der Waals surface area (Å²) in [5.41, 5.74) is 3.39. The second kappa shape index (κ2) is 8.46. The van der Waals surface area contributed by atoms with Gasteiger partial charge in [0.1, 0.15) is 0 Å². The molecule has 2 N–H and O–H groups in total. The van der Waals surface area contributed by atoms with E-state index in [1.807, 2.05) is 18.7 Å². The van der Waals surface area contributed by atoms with Crippen LogP contribution in [0.2, 0.25) is 0 Å². The molecule has 0 radical (unpaired) electrons. The molecule has 3 nitrogen and oxygen atoms in total. The maximum atomic E-state index is 14.8. The van der Waals surface area contributed by atoms with Crippen LogP contribution in [0.15, 0.2) is 0 Å². The van der Waals surface area contributed by atoms with E-state index >= 15 is 0 Å². The van der Waals surface area contributed by atoms with E-state index in [-0.39, 0.29) is 6.42 Å². The lowest BCUT2D eigenvalue weighted by Crippen LogP contribution is -2.55. The minimum atomic E-state index is -1.90. The average molecular weight is 260 g/mol. The van der Waals surface area contributed by atoms with Crippen molar-refractivity contribution in [3.8, 4) is 0 Å². The maximum absolute atomic E-state index is 14.8. The summed E-state index contributed by atoms with van der Waals surface area (Å²) in [6, 6.07) is -0.452. The van der Waals surface area contributed by atoms with Crippen LogP contribution in [-0.4, -0.2) is 35.6 Å². The minimum Gasteiger partial charge on any atom is -0.367 e. The first kappa shape index (κ1) is 17.4. The van der Waals surface area contributed by atoms with Gasteiger partial charge in [0.15, 0.2) is 0 Å². The normalized spacial score (nSPS) is 16.6. The highest BCUT2D eigenvalue weighted by Crippen LogP contribution is 2.27. The molecule has 0 aliphatic carbocycles. The quantitative estimate of drug-likeness (QED) is 0.614. The zero-order valence-corrected chi connectivity index (χ0v) is 12.3. The highest BCUT2D eigenvalue weighted by atomic mass is 19.1. The number of amides is 1. The third kappa shape index (κ3) is 4.56. The molecule has 0 heterocycles. The Kier molecular flexibility index (Phi) is 8.16. The predicted molar refractivity (Wildman–Crippen MR) is 74.2 cm³/mol. The molecule has 0 bridgehead atoms. The Hall–Kier alpha value is -0.640. The number of unbranched alkanes of at least 4 members (excludes halogenated alkanes) is 3. The fraction of sp³-hybridized carbons (Fsp3) is 0.929. The van der Waals surface area contributed by atoms with E-state index < -0.39 is 17.6 Å². The van der Waals surface area contributed by atoms with E-state index in [2.05, 4.69) is 6.92 Å². The third-order valence-electron chi connectivity index (χ3n) is 3.83. The first-order chi connectivity index (χ1) is 8.43. The summed E-state index contributed by atoms with van der Waals surface area (Å²) in [6.07, 6.45) is 4.09. The number of halogens is 1. The van der Waals surface area contributed by atoms with Crippen LogP contribution >= 0.6 is 0 Å². The van der Waals surface area contributed by atoms with Crippen molar-refractivity contribution >= 4 is 5.91 Å².